The molecule has 0 aromatic heterocycles. The monoisotopic (exact) mass is 320 g/mol. The van der Waals surface area contributed by atoms with Crippen molar-refractivity contribution in [3.63, 3.8) is 0 Å². The number of benzene rings is 1. The van der Waals surface area contributed by atoms with Gasteiger partial charge in [0.1, 0.15) is 5.82 Å². The number of likely N-dealkylation sites (N-methyl/N-ethyl adjacent to an activating group) is 1. The lowest BCUT2D eigenvalue weighted by molar-refractivity contribution is 0.00539. The van der Waals surface area contributed by atoms with Crippen molar-refractivity contribution in [3.05, 3.63) is 35.6 Å². The topological polar surface area (TPSA) is 56.5 Å². The summed E-state index contributed by atoms with van der Waals surface area (Å²) in [7, 11) is 1.86. The molecule has 1 aromatic rings. The van der Waals surface area contributed by atoms with Crippen molar-refractivity contribution >= 4 is 0 Å². The average Bonchev–Trinajstić information content (AvgIpc) is 2.55. The van der Waals surface area contributed by atoms with Gasteiger partial charge in [0.2, 0.25) is 0 Å². The second-order valence-electron chi connectivity index (χ2n) is 6.50. The van der Waals surface area contributed by atoms with Gasteiger partial charge in [-0.15, -0.1) is 0 Å². The van der Waals surface area contributed by atoms with Gasteiger partial charge in [-0.3, -0.25) is 4.90 Å². The average molecular weight is 320 g/mol. The SMILES string of the molecule is CC(c1ccccc1F)N(C)CC(O)CC1(C#N)CCOCC1. The number of ether oxygens (including phenoxy) is 1. The fraction of sp³-hybridized carbons (Fsp3) is 0.611. The number of hydrogen-bond donors (Lipinski definition) is 1. The highest BCUT2D eigenvalue weighted by Gasteiger charge is 2.35. The van der Waals surface area contributed by atoms with E-state index in [-0.39, 0.29) is 11.9 Å². The molecule has 1 fully saturated rings. The van der Waals surface area contributed by atoms with Crippen LogP contribution >= 0.6 is 0 Å². The lowest BCUT2D eigenvalue weighted by Crippen LogP contribution is -2.37. The maximum atomic E-state index is 13.9. The third-order valence-electron chi connectivity index (χ3n) is 4.83. The summed E-state index contributed by atoms with van der Waals surface area (Å²) in [6.45, 7) is 3.46. The summed E-state index contributed by atoms with van der Waals surface area (Å²) >= 11 is 0. The molecule has 23 heavy (non-hydrogen) atoms. The normalized spacial score (nSPS) is 20.0. The number of hydrogen-bond acceptors (Lipinski definition) is 4. The van der Waals surface area contributed by atoms with Gasteiger partial charge in [0.25, 0.3) is 0 Å². The van der Waals surface area contributed by atoms with E-state index in [1.54, 1.807) is 12.1 Å². The highest BCUT2D eigenvalue weighted by atomic mass is 19.1. The van der Waals surface area contributed by atoms with Crippen molar-refractivity contribution < 1.29 is 14.2 Å². The van der Waals surface area contributed by atoms with E-state index >= 15 is 0 Å². The summed E-state index contributed by atoms with van der Waals surface area (Å²) in [4.78, 5) is 1.92. The number of rotatable bonds is 6. The minimum atomic E-state index is -0.619. The van der Waals surface area contributed by atoms with E-state index in [1.807, 2.05) is 24.9 Å². The molecular formula is C18H25FN2O2. The Morgan fingerprint density at radius 1 is 1.39 bits per heavy atom. The van der Waals surface area contributed by atoms with Crippen LogP contribution in [0.3, 0.4) is 0 Å². The van der Waals surface area contributed by atoms with Crippen LogP contribution < -0.4 is 0 Å². The van der Waals surface area contributed by atoms with Gasteiger partial charge in [0, 0.05) is 31.4 Å². The summed E-state index contributed by atoms with van der Waals surface area (Å²) in [6, 6.07) is 8.92. The minimum absolute atomic E-state index is 0.140. The molecule has 0 saturated carbocycles. The van der Waals surface area contributed by atoms with Crippen LogP contribution in [0.4, 0.5) is 4.39 Å². The second-order valence-corrected chi connectivity index (χ2v) is 6.50. The van der Waals surface area contributed by atoms with E-state index in [0.717, 1.165) is 0 Å². The number of nitrogens with zero attached hydrogens (tertiary/aromatic N) is 2. The molecule has 2 rings (SSSR count). The fourth-order valence-electron chi connectivity index (χ4n) is 3.18. The molecule has 4 nitrogen and oxygen atoms in total. The van der Waals surface area contributed by atoms with E-state index in [1.165, 1.54) is 6.07 Å². The zero-order valence-corrected chi connectivity index (χ0v) is 13.8. The Labute approximate surface area is 137 Å². The quantitative estimate of drug-likeness (QED) is 0.875. The van der Waals surface area contributed by atoms with Crippen LogP contribution in [0.25, 0.3) is 0 Å². The first-order valence-corrected chi connectivity index (χ1v) is 8.09. The molecule has 0 spiro atoms. The first-order valence-electron chi connectivity index (χ1n) is 8.09. The van der Waals surface area contributed by atoms with Crippen LogP contribution in [0.1, 0.15) is 37.8 Å². The highest BCUT2D eigenvalue weighted by Crippen LogP contribution is 2.35. The van der Waals surface area contributed by atoms with Crippen LogP contribution in [-0.2, 0) is 4.74 Å². The van der Waals surface area contributed by atoms with Crippen LogP contribution in [0.15, 0.2) is 24.3 Å². The molecule has 0 radical (unpaired) electrons. The number of nitriles is 1. The molecule has 2 unspecified atom stereocenters. The molecule has 126 valence electrons. The molecular weight excluding hydrogens is 295 g/mol. The van der Waals surface area contributed by atoms with Gasteiger partial charge in [-0.05, 0) is 39.3 Å². The van der Waals surface area contributed by atoms with Crippen molar-refractivity contribution in [2.45, 2.75) is 38.3 Å². The third-order valence-corrected chi connectivity index (χ3v) is 4.83. The van der Waals surface area contributed by atoms with Gasteiger partial charge in [-0.25, -0.2) is 4.39 Å². The van der Waals surface area contributed by atoms with Crippen molar-refractivity contribution in [1.82, 2.24) is 4.90 Å². The van der Waals surface area contributed by atoms with Crippen LogP contribution in [0.2, 0.25) is 0 Å². The van der Waals surface area contributed by atoms with E-state index in [4.69, 9.17) is 4.74 Å². The van der Waals surface area contributed by atoms with Crippen molar-refractivity contribution in [2.75, 3.05) is 26.8 Å². The molecule has 2 atom stereocenters. The molecule has 0 bridgehead atoms. The Morgan fingerprint density at radius 3 is 2.65 bits per heavy atom. The summed E-state index contributed by atoms with van der Waals surface area (Å²) in [5.41, 5.74) is 0.114. The summed E-state index contributed by atoms with van der Waals surface area (Å²) in [5.74, 6) is -0.237. The Bertz CT molecular complexity index is 552. The molecule has 1 aliphatic heterocycles. The van der Waals surface area contributed by atoms with Crippen molar-refractivity contribution in [3.8, 4) is 6.07 Å². The third kappa shape index (κ3) is 4.51. The maximum absolute atomic E-state index is 13.9. The lowest BCUT2D eigenvalue weighted by atomic mass is 9.77. The Morgan fingerprint density at radius 2 is 2.04 bits per heavy atom. The highest BCUT2D eigenvalue weighted by molar-refractivity contribution is 5.20. The number of aliphatic hydroxyl groups is 1. The van der Waals surface area contributed by atoms with E-state index in [2.05, 4.69) is 6.07 Å². The van der Waals surface area contributed by atoms with Gasteiger partial charge in [-0.1, -0.05) is 18.2 Å². The summed E-state index contributed by atoms with van der Waals surface area (Å²) in [5, 5.41) is 19.9. The molecule has 1 aliphatic rings. The first kappa shape index (κ1) is 17.9. The predicted octanol–water partition coefficient (Wildman–Crippen LogP) is 2.89. The molecule has 0 amide bonds. The summed E-state index contributed by atoms with van der Waals surface area (Å²) < 4.78 is 19.2. The van der Waals surface area contributed by atoms with E-state index in [0.29, 0.717) is 44.6 Å². The van der Waals surface area contributed by atoms with Gasteiger partial charge in [0.05, 0.1) is 17.6 Å². The van der Waals surface area contributed by atoms with Crippen LogP contribution in [-0.4, -0.2) is 42.9 Å². The Kier molecular flexibility index (Phi) is 6.11. The molecule has 1 aromatic carbocycles. The van der Waals surface area contributed by atoms with Crippen LogP contribution in [0.5, 0.6) is 0 Å². The van der Waals surface area contributed by atoms with Gasteiger partial charge < -0.3 is 9.84 Å². The smallest absolute Gasteiger partial charge is 0.127 e. The van der Waals surface area contributed by atoms with Gasteiger partial charge >= 0.3 is 0 Å². The van der Waals surface area contributed by atoms with Crippen molar-refractivity contribution in [1.29, 1.82) is 5.26 Å². The van der Waals surface area contributed by atoms with Gasteiger partial charge in [-0.2, -0.15) is 5.26 Å². The lowest BCUT2D eigenvalue weighted by Gasteiger charge is -2.34. The fourth-order valence-corrected chi connectivity index (χ4v) is 3.18. The van der Waals surface area contributed by atoms with Gasteiger partial charge in [0.15, 0.2) is 0 Å². The minimum Gasteiger partial charge on any atom is -0.392 e. The summed E-state index contributed by atoms with van der Waals surface area (Å²) in [6.07, 6.45) is 1.13. The van der Waals surface area contributed by atoms with Crippen molar-refractivity contribution in [2.24, 2.45) is 5.41 Å². The molecule has 5 heteroatoms. The zero-order valence-electron chi connectivity index (χ0n) is 13.8. The van der Waals surface area contributed by atoms with E-state index < -0.39 is 11.5 Å². The van der Waals surface area contributed by atoms with E-state index in [9.17, 15) is 14.8 Å². The number of aliphatic hydroxyl groups excluding tert-OH is 1. The number of halogens is 1. The molecule has 1 N–H and O–H groups in total. The largest absolute Gasteiger partial charge is 0.392 e. The Balaban J connectivity index is 1.95. The predicted molar refractivity (Wildman–Crippen MR) is 86.2 cm³/mol. The molecule has 1 heterocycles. The zero-order chi connectivity index (χ0) is 16.9. The standard InChI is InChI=1S/C18H25FN2O2/c1-14(16-5-3-4-6-17(16)19)21(2)12-15(22)11-18(13-20)7-9-23-10-8-18/h3-6,14-15,22H,7-12H2,1-2H3. The second kappa shape index (κ2) is 7.87. The first-order chi connectivity index (χ1) is 11.0. The molecule has 1 saturated heterocycles. The van der Waals surface area contributed by atoms with Crippen LogP contribution in [0, 0.1) is 22.6 Å². The maximum Gasteiger partial charge on any atom is 0.127 e. The Hall–Kier alpha value is -1.48. The molecule has 0 aliphatic carbocycles.